The molecule has 0 saturated carbocycles. The third-order valence-corrected chi connectivity index (χ3v) is 3.27. The van der Waals surface area contributed by atoms with Crippen molar-refractivity contribution in [1.82, 2.24) is 10.3 Å². The van der Waals surface area contributed by atoms with E-state index in [1.807, 2.05) is 0 Å². The molecule has 2 aliphatic rings. The Balaban J connectivity index is 1.71. The van der Waals surface area contributed by atoms with Crippen LogP contribution in [0.4, 0.5) is 0 Å². The summed E-state index contributed by atoms with van der Waals surface area (Å²) in [5.74, 6) is 2.88. The van der Waals surface area contributed by atoms with Crippen LogP contribution in [0.2, 0.25) is 0 Å². The van der Waals surface area contributed by atoms with Gasteiger partial charge in [-0.25, -0.2) is 4.98 Å². The summed E-state index contributed by atoms with van der Waals surface area (Å²) in [7, 11) is 0. The predicted octanol–water partition coefficient (Wildman–Crippen LogP) is 1.32. The molecule has 1 fully saturated rings. The maximum Gasteiger partial charge on any atom is 0.194 e. The highest BCUT2D eigenvalue weighted by atomic mass is 16.4. The minimum atomic E-state index is 0.744. The molecule has 1 aromatic rings. The molecule has 3 rings (SSSR count). The number of nitrogens with zero attached hydrogens (tertiary/aromatic N) is 1. The molecule has 0 bridgehead atoms. The quantitative estimate of drug-likeness (QED) is 0.768. The van der Waals surface area contributed by atoms with Gasteiger partial charge in [-0.05, 0) is 38.3 Å². The molecule has 2 heterocycles. The van der Waals surface area contributed by atoms with Gasteiger partial charge in [0.1, 0.15) is 5.76 Å². The van der Waals surface area contributed by atoms with Gasteiger partial charge >= 0.3 is 0 Å². The lowest BCUT2D eigenvalue weighted by atomic mass is 10.1. The van der Waals surface area contributed by atoms with Crippen molar-refractivity contribution in [2.75, 3.05) is 13.1 Å². The SMILES string of the molecule is C1Cc2nc(CC3CCNC3)oc2C1. The highest BCUT2D eigenvalue weighted by molar-refractivity contribution is 5.15. The van der Waals surface area contributed by atoms with Crippen LogP contribution in [-0.4, -0.2) is 18.1 Å². The third kappa shape index (κ3) is 1.46. The summed E-state index contributed by atoms with van der Waals surface area (Å²) >= 11 is 0. The second-order valence-electron chi connectivity index (χ2n) is 4.39. The van der Waals surface area contributed by atoms with Crippen LogP contribution in [-0.2, 0) is 19.3 Å². The van der Waals surface area contributed by atoms with E-state index in [0.717, 1.165) is 49.9 Å². The zero-order valence-electron chi connectivity index (χ0n) is 8.38. The van der Waals surface area contributed by atoms with Gasteiger partial charge in [0.15, 0.2) is 5.89 Å². The van der Waals surface area contributed by atoms with E-state index in [9.17, 15) is 0 Å². The molecule has 0 amide bonds. The van der Waals surface area contributed by atoms with Crippen LogP contribution in [0.15, 0.2) is 4.42 Å². The number of aromatic nitrogens is 1. The molecule has 1 unspecified atom stereocenters. The van der Waals surface area contributed by atoms with Crippen molar-refractivity contribution in [3.05, 3.63) is 17.3 Å². The summed E-state index contributed by atoms with van der Waals surface area (Å²) in [5, 5.41) is 3.37. The first kappa shape index (κ1) is 8.48. The summed E-state index contributed by atoms with van der Waals surface area (Å²) in [6.07, 6.45) is 5.76. The van der Waals surface area contributed by atoms with Crippen molar-refractivity contribution in [2.24, 2.45) is 5.92 Å². The van der Waals surface area contributed by atoms with Gasteiger partial charge in [0, 0.05) is 12.8 Å². The van der Waals surface area contributed by atoms with Crippen LogP contribution in [0.3, 0.4) is 0 Å². The molecule has 1 aliphatic heterocycles. The zero-order valence-corrected chi connectivity index (χ0v) is 8.38. The van der Waals surface area contributed by atoms with Crippen molar-refractivity contribution in [3.8, 4) is 0 Å². The van der Waals surface area contributed by atoms with Gasteiger partial charge in [0.2, 0.25) is 0 Å². The molecule has 1 N–H and O–H groups in total. The van der Waals surface area contributed by atoms with Gasteiger partial charge in [-0.2, -0.15) is 0 Å². The molecule has 0 radical (unpaired) electrons. The van der Waals surface area contributed by atoms with E-state index in [-0.39, 0.29) is 0 Å². The molecule has 14 heavy (non-hydrogen) atoms. The number of aryl methyl sites for hydroxylation is 2. The normalized spacial score (nSPS) is 25.6. The Morgan fingerprint density at radius 2 is 2.43 bits per heavy atom. The maximum absolute atomic E-state index is 5.75. The fourth-order valence-corrected chi connectivity index (χ4v) is 2.47. The summed E-state index contributed by atoms with van der Waals surface area (Å²) in [6, 6.07) is 0. The third-order valence-electron chi connectivity index (χ3n) is 3.27. The Labute approximate surface area is 83.9 Å². The molecule has 1 atom stereocenters. The van der Waals surface area contributed by atoms with Gasteiger partial charge in [0.05, 0.1) is 5.69 Å². The van der Waals surface area contributed by atoms with E-state index in [4.69, 9.17) is 4.42 Å². The minimum absolute atomic E-state index is 0.744. The topological polar surface area (TPSA) is 38.1 Å². The van der Waals surface area contributed by atoms with E-state index >= 15 is 0 Å². The fourth-order valence-electron chi connectivity index (χ4n) is 2.47. The van der Waals surface area contributed by atoms with Crippen LogP contribution >= 0.6 is 0 Å². The number of fused-ring (bicyclic) bond motifs is 1. The zero-order chi connectivity index (χ0) is 9.38. The lowest BCUT2D eigenvalue weighted by Crippen LogP contribution is -2.10. The fraction of sp³-hybridized carbons (Fsp3) is 0.727. The van der Waals surface area contributed by atoms with Crippen LogP contribution in [0.5, 0.6) is 0 Å². The first-order valence-electron chi connectivity index (χ1n) is 5.60. The number of hydrogen-bond donors (Lipinski definition) is 1. The summed E-state index contributed by atoms with van der Waals surface area (Å²) in [4.78, 5) is 4.56. The summed E-state index contributed by atoms with van der Waals surface area (Å²) < 4.78 is 5.75. The van der Waals surface area contributed by atoms with Crippen LogP contribution < -0.4 is 5.32 Å². The van der Waals surface area contributed by atoms with Crippen LogP contribution in [0.1, 0.15) is 30.2 Å². The Morgan fingerprint density at radius 1 is 1.43 bits per heavy atom. The molecule has 1 saturated heterocycles. The van der Waals surface area contributed by atoms with E-state index in [1.165, 1.54) is 18.5 Å². The number of hydrogen-bond acceptors (Lipinski definition) is 3. The predicted molar refractivity (Wildman–Crippen MR) is 53.2 cm³/mol. The van der Waals surface area contributed by atoms with Crippen LogP contribution in [0.25, 0.3) is 0 Å². The second kappa shape index (κ2) is 3.39. The average Bonchev–Trinajstić information content (AvgIpc) is 2.78. The first-order chi connectivity index (χ1) is 6.92. The molecule has 3 heteroatoms. The maximum atomic E-state index is 5.75. The lowest BCUT2D eigenvalue weighted by Gasteiger charge is -2.03. The molecular formula is C11H16N2O. The van der Waals surface area contributed by atoms with Gasteiger partial charge in [-0.15, -0.1) is 0 Å². The molecule has 76 valence electrons. The number of oxazole rings is 1. The standard InChI is InChI=1S/C11H16N2O/c1-2-9-10(3-1)14-11(13-9)6-8-4-5-12-7-8/h8,12H,1-7H2. The van der Waals surface area contributed by atoms with Crippen molar-refractivity contribution in [2.45, 2.75) is 32.1 Å². The number of nitrogens with one attached hydrogen (secondary N) is 1. The molecular weight excluding hydrogens is 176 g/mol. The number of rotatable bonds is 2. The van der Waals surface area contributed by atoms with Gasteiger partial charge in [-0.3, -0.25) is 0 Å². The van der Waals surface area contributed by atoms with E-state index in [0.29, 0.717) is 0 Å². The Kier molecular flexibility index (Phi) is 2.05. The van der Waals surface area contributed by atoms with Gasteiger partial charge < -0.3 is 9.73 Å². The Bertz CT molecular complexity index is 305. The average molecular weight is 192 g/mol. The smallest absolute Gasteiger partial charge is 0.194 e. The van der Waals surface area contributed by atoms with Crippen molar-refractivity contribution < 1.29 is 4.42 Å². The van der Waals surface area contributed by atoms with Crippen molar-refractivity contribution in [1.29, 1.82) is 0 Å². The van der Waals surface area contributed by atoms with Crippen LogP contribution in [0, 0.1) is 5.92 Å². The Morgan fingerprint density at radius 3 is 3.21 bits per heavy atom. The van der Waals surface area contributed by atoms with E-state index < -0.39 is 0 Å². The van der Waals surface area contributed by atoms with E-state index in [1.54, 1.807) is 0 Å². The monoisotopic (exact) mass is 192 g/mol. The summed E-state index contributed by atoms with van der Waals surface area (Å²) in [6.45, 7) is 2.29. The summed E-state index contributed by atoms with van der Waals surface area (Å²) in [5.41, 5.74) is 1.23. The molecule has 1 aromatic heterocycles. The first-order valence-corrected chi connectivity index (χ1v) is 5.60. The highest BCUT2D eigenvalue weighted by Crippen LogP contribution is 2.24. The second-order valence-corrected chi connectivity index (χ2v) is 4.39. The molecule has 0 aromatic carbocycles. The highest BCUT2D eigenvalue weighted by Gasteiger charge is 2.22. The van der Waals surface area contributed by atoms with Crippen molar-refractivity contribution in [3.63, 3.8) is 0 Å². The Hall–Kier alpha value is -0.830. The van der Waals surface area contributed by atoms with E-state index in [2.05, 4.69) is 10.3 Å². The minimum Gasteiger partial charge on any atom is -0.445 e. The van der Waals surface area contributed by atoms with Crippen molar-refractivity contribution >= 4 is 0 Å². The molecule has 3 nitrogen and oxygen atoms in total. The van der Waals surface area contributed by atoms with Gasteiger partial charge in [0.25, 0.3) is 0 Å². The largest absolute Gasteiger partial charge is 0.445 e. The molecule has 0 spiro atoms. The lowest BCUT2D eigenvalue weighted by molar-refractivity contribution is 0.418. The molecule has 1 aliphatic carbocycles. The van der Waals surface area contributed by atoms with Gasteiger partial charge in [-0.1, -0.05) is 0 Å².